The highest BCUT2D eigenvalue weighted by atomic mass is 16.2. The minimum absolute atomic E-state index is 0.0110. The van der Waals surface area contributed by atoms with E-state index in [2.05, 4.69) is 30.3 Å². The summed E-state index contributed by atoms with van der Waals surface area (Å²) in [7, 11) is 0. The summed E-state index contributed by atoms with van der Waals surface area (Å²) in [5, 5.41) is 7.22. The Labute approximate surface area is 177 Å². The van der Waals surface area contributed by atoms with E-state index in [9.17, 15) is 4.79 Å². The molecule has 1 amide bonds. The van der Waals surface area contributed by atoms with Gasteiger partial charge in [-0.05, 0) is 48.9 Å². The summed E-state index contributed by atoms with van der Waals surface area (Å²) in [6, 6.07) is 24.6. The molecule has 0 aliphatic carbocycles. The summed E-state index contributed by atoms with van der Waals surface area (Å²) >= 11 is 0. The van der Waals surface area contributed by atoms with Crippen LogP contribution >= 0.6 is 0 Å². The number of carbonyl (C=O) groups is 1. The quantitative estimate of drug-likeness (QED) is 0.400. The molecule has 0 bridgehead atoms. The van der Waals surface area contributed by atoms with Crippen LogP contribution in [0.2, 0.25) is 0 Å². The van der Waals surface area contributed by atoms with Gasteiger partial charge >= 0.3 is 0 Å². The second-order valence-corrected chi connectivity index (χ2v) is 7.12. The Morgan fingerprint density at radius 1 is 0.933 bits per heavy atom. The minimum atomic E-state index is 0.0110. The van der Waals surface area contributed by atoms with E-state index in [1.54, 1.807) is 11.0 Å². The molecule has 30 heavy (non-hydrogen) atoms. The third-order valence-corrected chi connectivity index (χ3v) is 5.27. The number of benzene rings is 3. The summed E-state index contributed by atoms with van der Waals surface area (Å²) in [5.41, 5.74) is 3.77. The average molecular weight is 396 g/mol. The Balaban J connectivity index is 1.79. The molecule has 1 heterocycles. The summed E-state index contributed by atoms with van der Waals surface area (Å²) in [6.45, 7) is 5.37. The van der Waals surface area contributed by atoms with Crippen molar-refractivity contribution in [3.05, 3.63) is 90.6 Å². The van der Waals surface area contributed by atoms with Gasteiger partial charge in [0.05, 0.1) is 11.4 Å². The van der Waals surface area contributed by atoms with Crippen molar-refractivity contribution in [2.75, 3.05) is 13.1 Å². The fourth-order valence-electron chi connectivity index (χ4n) is 3.58. The molecule has 0 radical (unpaired) electrons. The summed E-state index contributed by atoms with van der Waals surface area (Å²) in [6.07, 6.45) is 5.49. The molecule has 0 N–H and O–H groups in total. The lowest BCUT2D eigenvalue weighted by molar-refractivity contribution is -0.125. The molecule has 3 aromatic carbocycles. The van der Waals surface area contributed by atoms with E-state index in [0.717, 1.165) is 22.5 Å². The molecule has 0 atom stereocenters. The molecular weight excluding hydrogens is 370 g/mol. The van der Waals surface area contributed by atoms with Crippen molar-refractivity contribution in [1.82, 2.24) is 14.7 Å². The van der Waals surface area contributed by atoms with Crippen LogP contribution in [0.5, 0.6) is 0 Å². The highest BCUT2D eigenvalue weighted by molar-refractivity contribution is 5.93. The lowest BCUT2D eigenvalue weighted by Crippen LogP contribution is -2.28. The van der Waals surface area contributed by atoms with Crippen molar-refractivity contribution in [1.29, 1.82) is 0 Å². The zero-order valence-electron chi connectivity index (χ0n) is 17.3. The van der Waals surface area contributed by atoms with Gasteiger partial charge in [-0.3, -0.25) is 4.79 Å². The number of likely N-dealkylation sites (N-methyl/N-ethyl adjacent to an activating group) is 1. The van der Waals surface area contributed by atoms with Gasteiger partial charge in [0.25, 0.3) is 0 Å². The fraction of sp³-hybridized carbons (Fsp3) is 0.154. The number of para-hydroxylation sites is 1. The Bertz CT molecular complexity index is 1190. The summed E-state index contributed by atoms with van der Waals surface area (Å²) < 4.78 is 1.87. The van der Waals surface area contributed by atoms with Gasteiger partial charge in [0.15, 0.2) is 0 Å². The minimum Gasteiger partial charge on any atom is -0.340 e. The van der Waals surface area contributed by atoms with Crippen molar-refractivity contribution in [2.24, 2.45) is 0 Å². The smallest absolute Gasteiger partial charge is 0.246 e. The largest absolute Gasteiger partial charge is 0.340 e. The lowest BCUT2D eigenvalue weighted by atomic mass is 10.0. The zero-order valence-corrected chi connectivity index (χ0v) is 17.3. The molecule has 4 rings (SSSR count). The van der Waals surface area contributed by atoms with E-state index in [1.807, 2.05) is 73.3 Å². The predicted octanol–water partition coefficient (Wildman–Crippen LogP) is 5.57. The molecule has 0 aliphatic heterocycles. The van der Waals surface area contributed by atoms with Gasteiger partial charge in [-0.2, -0.15) is 5.10 Å². The number of rotatable bonds is 6. The van der Waals surface area contributed by atoms with Crippen LogP contribution in [0, 0.1) is 0 Å². The van der Waals surface area contributed by atoms with Crippen LogP contribution in [0.3, 0.4) is 0 Å². The van der Waals surface area contributed by atoms with Crippen LogP contribution in [0.15, 0.2) is 85.1 Å². The number of aromatic nitrogens is 2. The number of hydrogen-bond acceptors (Lipinski definition) is 2. The molecule has 4 heteroatoms. The molecule has 4 aromatic rings. The fourth-order valence-corrected chi connectivity index (χ4v) is 3.58. The molecular formula is C26H25N3O. The lowest BCUT2D eigenvalue weighted by Gasteiger charge is -2.15. The van der Waals surface area contributed by atoms with Crippen LogP contribution in [0.25, 0.3) is 33.8 Å². The molecule has 0 saturated heterocycles. The second-order valence-electron chi connectivity index (χ2n) is 7.12. The number of hydrogen-bond donors (Lipinski definition) is 0. The van der Waals surface area contributed by atoms with E-state index >= 15 is 0 Å². The first kappa shape index (κ1) is 19.6. The van der Waals surface area contributed by atoms with E-state index < -0.39 is 0 Å². The predicted molar refractivity (Wildman–Crippen MR) is 123 cm³/mol. The van der Waals surface area contributed by atoms with Crippen molar-refractivity contribution in [3.8, 4) is 16.9 Å². The second kappa shape index (κ2) is 8.78. The van der Waals surface area contributed by atoms with Gasteiger partial charge in [-0.25, -0.2) is 4.68 Å². The summed E-state index contributed by atoms with van der Waals surface area (Å²) in [4.78, 5) is 14.3. The molecule has 0 fully saturated rings. The van der Waals surface area contributed by atoms with Crippen molar-refractivity contribution >= 4 is 22.8 Å². The van der Waals surface area contributed by atoms with Crippen LogP contribution in [-0.2, 0) is 4.79 Å². The molecule has 0 unspecified atom stereocenters. The van der Waals surface area contributed by atoms with Gasteiger partial charge in [-0.1, -0.05) is 54.6 Å². The number of amides is 1. The topological polar surface area (TPSA) is 38.1 Å². The van der Waals surface area contributed by atoms with Crippen molar-refractivity contribution in [2.45, 2.75) is 13.8 Å². The van der Waals surface area contributed by atoms with E-state index in [-0.39, 0.29) is 5.91 Å². The first-order valence-electron chi connectivity index (χ1n) is 10.3. The van der Waals surface area contributed by atoms with E-state index in [0.29, 0.717) is 13.1 Å². The summed E-state index contributed by atoms with van der Waals surface area (Å²) in [5.74, 6) is 0.0110. The van der Waals surface area contributed by atoms with Crippen LogP contribution in [0.4, 0.5) is 0 Å². The first-order chi connectivity index (χ1) is 14.7. The Hall–Kier alpha value is -3.66. The van der Waals surface area contributed by atoms with Gasteiger partial charge < -0.3 is 4.90 Å². The molecule has 1 aromatic heterocycles. The SMILES string of the molecule is CCN(CC)C(=O)/C=C\c1cn(-c2ccccc2)nc1-c1ccc2ccccc2c1. The van der Waals surface area contributed by atoms with Gasteiger partial charge in [0.2, 0.25) is 5.91 Å². The highest BCUT2D eigenvalue weighted by Gasteiger charge is 2.12. The van der Waals surface area contributed by atoms with Crippen LogP contribution < -0.4 is 0 Å². The average Bonchev–Trinajstić information content (AvgIpc) is 3.23. The van der Waals surface area contributed by atoms with E-state index in [1.165, 1.54) is 10.8 Å². The van der Waals surface area contributed by atoms with Crippen molar-refractivity contribution < 1.29 is 4.79 Å². The Morgan fingerprint density at radius 3 is 2.37 bits per heavy atom. The third kappa shape index (κ3) is 4.03. The van der Waals surface area contributed by atoms with Crippen molar-refractivity contribution in [3.63, 3.8) is 0 Å². The van der Waals surface area contributed by atoms with Crippen LogP contribution in [0.1, 0.15) is 19.4 Å². The zero-order chi connectivity index (χ0) is 20.9. The molecule has 150 valence electrons. The Morgan fingerprint density at radius 2 is 1.63 bits per heavy atom. The van der Waals surface area contributed by atoms with Crippen LogP contribution in [-0.4, -0.2) is 33.7 Å². The third-order valence-electron chi connectivity index (χ3n) is 5.27. The molecule has 0 spiro atoms. The maximum absolute atomic E-state index is 12.5. The van der Waals surface area contributed by atoms with Gasteiger partial charge in [0.1, 0.15) is 0 Å². The monoisotopic (exact) mass is 395 g/mol. The standard InChI is InChI=1S/C26H25N3O/c1-3-28(4-2)25(30)17-16-23-19-29(24-12-6-5-7-13-24)27-26(23)22-15-14-20-10-8-9-11-21(20)18-22/h5-19H,3-4H2,1-2H3/b17-16-. The molecule has 4 nitrogen and oxygen atoms in total. The van der Waals surface area contributed by atoms with E-state index in [4.69, 9.17) is 5.10 Å². The molecule has 0 saturated carbocycles. The normalized spacial score (nSPS) is 11.3. The van der Waals surface area contributed by atoms with Gasteiger partial charge in [-0.15, -0.1) is 0 Å². The maximum atomic E-state index is 12.5. The first-order valence-corrected chi connectivity index (χ1v) is 10.3. The number of fused-ring (bicyclic) bond motifs is 1. The maximum Gasteiger partial charge on any atom is 0.246 e. The highest BCUT2D eigenvalue weighted by Crippen LogP contribution is 2.28. The molecule has 0 aliphatic rings. The Kier molecular flexibility index (Phi) is 5.75. The number of carbonyl (C=O) groups excluding carboxylic acids is 1. The number of nitrogens with zero attached hydrogens (tertiary/aromatic N) is 3. The van der Waals surface area contributed by atoms with Gasteiger partial charge in [0, 0.05) is 36.5 Å².